The molecule has 6 aromatic rings. The Bertz CT molecular complexity index is 1820. The zero-order valence-electron chi connectivity index (χ0n) is 26.7. The molecule has 0 saturated heterocycles. The number of carbonyl (C=O) groups is 1. The van der Waals surface area contributed by atoms with E-state index >= 15 is 0 Å². The summed E-state index contributed by atoms with van der Waals surface area (Å²) in [4.78, 5) is 12.3. The monoisotopic (exact) mass is 650 g/mol. The van der Waals surface area contributed by atoms with Crippen molar-refractivity contribution in [2.75, 3.05) is 7.11 Å². The van der Waals surface area contributed by atoms with Crippen molar-refractivity contribution in [3.63, 3.8) is 0 Å². The van der Waals surface area contributed by atoms with E-state index in [-0.39, 0.29) is 5.97 Å². The van der Waals surface area contributed by atoms with E-state index in [0.29, 0.717) is 17.8 Å². The van der Waals surface area contributed by atoms with Crippen molar-refractivity contribution in [1.29, 1.82) is 0 Å². The van der Waals surface area contributed by atoms with E-state index in [1.807, 2.05) is 42.5 Å². The molecule has 234 valence electrons. The fourth-order valence-electron chi connectivity index (χ4n) is 6.47. The molecule has 0 bridgehead atoms. The fraction of sp³-hybridized carbons (Fsp3) is 0.0976. The summed E-state index contributed by atoms with van der Waals surface area (Å²) in [6.45, 7) is 1.45. The Balaban J connectivity index is 1.69. The number of esters is 1. The second-order valence-corrected chi connectivity index (χ2v) is 18.7. The molecule has 0 spiro atoms. The summed E-state index contributed by atoms with van der Waals surface area (Å²) >= 11 is 0. The summed E-state index contributed by atoms with van der Waals surface area (Å²) < 4.78 is 20.1. The minimum atomic E-state index is -3.22. The Morgan fingerprint density at radius 2 is 0.787 bits per heavy atom. The molecule has 6 rings (SSSR count). The molecule has 0 atom stereocenters. The number of carbonyl (C=O) groups excluding carboxylic acids is 1. The third kappa shape index (κ3) is 6.90. The lowest BCUT2D eigenvalue weighted by molar-refractivity contribution is -0.131. The van der Waals surface area contributed by atoms with Crippen LogP contribution in [0.5, 0.6) is 11.5 Å². The average molecular weight is 651 g/mol. The number of hydrogen-bond donors (Lipinski definition) is 0. The third-order valence-corrected chi connectivity index (χ3v) is 18.2. The molecule has 0 fully saturated rings. The molecule has 0 aliphatic heterocycles. The molecule has 4 nitrogen and oxygen atoms in total. The van der Waals surface area contributed by atoms with Crippen molar-refractivity contribution in [1.82, 2.24) is 0 Å². The van der Waals surface area contributed by atoms with Crippen LogP contribution in [-0.2, 0) is 21.0 Å². The van der Waals surface area contributed by atoms with Gasteiger partial charge in [-0.3, -0.25) is 4.79 Å². The number of hydrogen-bond acceptors (Lipinski definition) is 4. The van der Waals surface area contributed by atoms with Gasteiger partial charge in [-0.05, 0) is 44.0 Å². The van der Waals surface area contributed by atoms with Crippen molar-refractivity contribution < 1.29 is 18.4 Å². The van der Waals surface area contributed by atoms with Crippen LogP contribution in [0.15, 0.2) is 170 Å². The Morgan fingerprint density at radius 3 is 1.15 bits per heavy atom. The molecule has 0 aliphatic carbocycles. The fourth-order valence-corrected chi connectivity index (χ4v) is 17.4. The summed E-state index contributed by atoms with van der Waals surface area (Å²) in [5.74, 6) is 1.05. The molecule has 0 aliphatic rings. The average Bonchev–Trinajstić information content (AvgIpc) is 3.13. The van der Waals surface area contributed by atoms with Gasteiger partial charge in [-0.15, -0.1) is 0 Å². The minimum absolute atomic E-state index is 0.349. The highest BCUT2D eigenvalue weighted by atomic mass is 28.4. The molecule has 0 N–H and O–H groups in total. The van der Waals surface area contributed by atoms with E-state index in [1.54, 1.807) is 7.11 Å². The second-order valence-electron chi connectivity index (χ2n) is 11.6. The smallest absolute Gasteiger partial charge is 0.308 e. The maximum Gasteiger partial charge on any atom is 0.308 e. The quantitative estimate of drug-likeness (QED) is 0.0924. The van der Waals surface area contributed by atoms with Crippen molar-refractivity contribution >= 4 is 43.4 Å². The highest BCUT2D eigenvalue weighted by Crippen LogP contribution is 2.30. The first-order valence-electron chi connectivity index (χ1n) is 15.8. The van der Waals surface area contributed by atoms with E-state index < -0.39 is 16.6 Å². The lowest BCUT2D eigenvalue weighted by atomic mass is 10.2. The molecule has 0 radical (unpaired) electrons. The van der Waals surface area contributed by atoms with Crippen LogP contribution >= 0.6 is 0 Å². The van der Waals surface area contributed by atoms with E-state index in [0.717, 1.165) is 27.2 Å². The number of ether oxygens (including phenoxy) is 2. The normalized spacial score (nSPS) is 11.5. The first-order valence-corrected chi connectivity index (χ1v) is 20.1. The van der Waals surface area contributed by atoms with Crippen LogP contribution in [0.3, 0.4) is 0 Å². The Kier molecular flexibility index (Phi) is 9.93. The molecule has 6 heteroatoms. The molecule has 6 aromatic carbocycles. The van der Waals surface area contributed by atoms with Gasteiger partial charge in [-0.2, -0.15) is 0 Å². The van der Waals surface area contributed by atoms with Gasteiger partial charge in [0.25, 0.3) is 0 Å². The lowest BCUT2D eigenvalue weighted by Crippen LogP contribution is -2.75. The van der Waals surface area contributed by atoms with Crippen LogP contribution < -0.4 is 30.2 Å². The van der Waals surface area contributed by atoms with Gasteiger partial charge in [-0.1, -0.05) is 158 Å². The predicted molar refractivity (Wildman–Crippen MR) is 195 cm³/mol. The van der Waals surface area contributed by atoms with Gasteiger partial charge < -0.3 is 13.6 Å². The summed E-state index contributed by atoms with van der Waals surface area (Å²) in [7, 11) is -4.66. The van der Waals surface area contributed by atoms with Crippen molar-refractivity contribution in [2.24, 2.45) is 0 Å². The first-order chi connectivity index (χ1) is 23.0. The third-order valence-electron chi connectivity index (χ3n) is 8.61. The second kappa shape index (κ2) is 14.6. The molecular weight excluding hydrogens is 613 g/mol. The predicted octanol–water partition coefficient (Wildman–Crippen LogP) is 6.02. The van der Waals surface area contributed by atoms with Crippen LogP contribution in [0.4, 0.5) is 0 Å². The summed E-state index contributed by atoms with van der Waals surface area (Å²) in [6.07, 6.45) is 0. The van der Waals surface area contributed by atoms with E-state index in [9.17, 15) is 4.79 Å². The number of methoxy groups -OCH3 is 1. The lowest BCUT2D eigenvalue weighted by Gasteiger charge is -2.44. The Morgan fingerprint density at radius 1 is 0.468 bits per heavy atom. The van der Waals surface area contributed by atoms with Gasteiger partial charge in [0.05, 0.1) is 7.11 Å². The maximum absolute atomic E-state index is 12.3. The highest BCUT2D eigenvalue weighted by Gasteiger charge is 2.51. The number of rotatable bonds is 12. The maximum atomic E-state index is 12.3. The summed E-state index contributed by atoms with van der Waals surface area (Å²) in [6, 6.07) is 60.0. The Labute approximate surface area is 279 Å². The standard InChI is InChI=1S/C41H38O4Si2/c1-33(42)44-41-30-18-16-20-35(41)32-47(38-25-11-5-12-26-38,39-27-13-6-14-28-39)45-46(36-21-7-3-8-22-36,37-23-9-4-10-24-37)31-34-19-15-17-29-40(34)43-2/h3-30H,31-32H2,1-2H3. The van der Waals surface area contributed by atoms with E-state index in [4.69, 9.17) is 13.6 Å². The van der Waals surface area contributed by atoms with Crippen molar-refractivity contribution in [3.8, 4) is 11.5 Å². The molecule has 0 aromatic heterocycles. The zero-order chi connectivity index (χ0) is 32.5. The Hall–Kier alpha value is -5.02. The van der Waals surface area contributed by atoms with Crippen LogP contribution in [0.2, 0.25) is 0 Å². The number of benzene rings is 6. The molecule has 0 saturated carbocycles. The molecular formula is C41H38O4Si2. The molecule has 47 heavy (non-hydrogen) atoms. The zero-order valence-corrected chi connectivity index (χ0v) is 28.7. The number of para-hydroxylation sites is 2. The van der Waals surface area contributed by atoms with Crippen LogP contribution in [0.25, 0.3) is 0 Å². The van der Waals surface area contributed by atoms with Gasteiger partial charge in [0.15, 0.2) is 0 Å². The SMILES string of the molecule is COc1ccccc1C[Si](O[Si](Cc1ccccc1OC(C)=O)(c1ccccc1)c1ccccc1)(c1ccccc1)c1ccccc1. The molecule has 0 heterocycles. The van der Waals surface area contributed by atoms with Gasteiger partial charge in [0.1, 0.15) is 11.5 Å². The van der Waals surface area contributed by atoms with Gasteiger partial charge >= 0.3 is 5.97 Å². The van der Waals surface area contributed by atoms with E-state index in [2.05, 4.69) is 127 Å². The summed E-state index contributed by atoms with van der Waals surface area (Å²) in [5.41, 5.74) is 2.03. The minimum Gasteiger partial charge on any atom is -0.496 e. The van der Waals surface area contributed by atoms with Crippen molar-refractivity contribution in [3.05, 3.63) is 181 Å². The van der Waals surface area contributed by atoms with Gasteiger partial charge in [0, 0.05) is 19.0 Å². The van der Waals surface area contributed by atoms with Crippen LogP contribution in [-0.4, -0.2) is 29.7 Å². The van der Waals surface area contributed by atoms with E-state index in [1.165, 1.54) is 17.3 Å². The molecule has 0 unspecified atom stereocenters. The first kappa shape index (κ1) is 31.9. The van der Waals surface area contributed by atoms with Crippen LogP contribution in [0.1, 0.15) is 18.1 Å². The topological polar surface area (TPSA) is 44.8 Å². The largest absolute Gasteiger partial charge is 0.496 e. The highest BCUT2D eigenvalue weighted by molar-refractivity contribution is 7.08. The molecule has 0 amide bonds. The van der Waals surface area contributed by atoms with Gasteiger partial charge in [-0.25, -0.2) is 0 Å². The van der Waals surface area contributed by atoms with Crippen molar-refractivity contribution in [2.45, 2.75) is 19.0 Å². The van der Waals surface area contributed by atoms with Crippen LogP contribution in [0, 0.1) is 0 Å². The summed E-state index contributed by atoms with van der Waals surface area (Å²) in [5, 5.41) is 4.64. The van der Waals surface area contributed by atoms with Gasteiger partial charge in [0.2, 0.25) is 16.6 Å².